The Morgan fingerprint density at radius 2 is 1.38 bits per heavy atom. The summed E-state index contributed by atoms with van der Waals surface area (Å²) in [5, 5.41) is 4.69. The van der Waals surface area contributed by atoms with E-state index in [1.54, 1.807) is 12.4 Å². The molecule has 24 heavy (non-hydrogen) atoms. The van der Waals surface area contributed by atoms with Crippen LogP contribution in [0.1, 0.15) is 0 Å². The highest BCUT2D eigenvalue weighted by Gasteiger charge is 2.10. The third kappa shape index (κ3) is 2.88. The minimum Gasteiger partial charge on any atom is -0.265 e. The molecule has 0 aliphatic carbocycles. The van der Waals surface area contributed by atoms with E-state index < -0.39 is 0 Å². The van der Waals surface area contributed by atoms with Gasteiger partial charge in [0.05, 0.1) is 10.2 Å². The van der Waals surface area contributed by atoms with Gasteiger partial charge in [-0.2, -0.15) is 5.10 Å². The molecule has 0 atom stereocenters. The minimum atomic E-state index is 0.907. The van der Waals surface area contributed by atoms with Crippen LogP contribution in [0.2, 0.25) is 0 Å². The molecule has 0 fully saturated rings. The Bertz CT molecular complexity index is 945. The summed E-state index contributed by atoms with van der Waals surface area (Å²) < 4.78 is 2.84. The molecule has 2 aromatic heterocycles. The Morgan fingerprint density at radius 3 is 2.08 bits per heavy atom. The lowest BCUT2D eigenvalue weighted by atomic mass is 10.1. The maximum atomic E-state index is 4.69. The van der Waals surface area contributed by atoms with E-state index in [4.69, 9.17) is 5.10 Å². The van der Waals surface area contributed by atoms with Crippen LogP contribution in [0.15, 0.2) is 89.8 Å². The summed E-state index contributed by atoms with van der Waals surface area (Å²) in [6.45, 7) is 0. The quantitative estimate of drug-likeness (QED) is 0.482. The predicted molar refractivity (Wildman–Crippen MR) is 99.9 cm³/mol. The van der Waals surface area contributed by atoms with E-state index >= 15 is 0 Å². The van der Waals surface area contributed by atoms with Crippen LogP contribution in [0.3, 0.4) is 0 Å². The predicted octanol–water partition coefficient (Wildman–Crippen LogP) is 5.36. The molecule has 0 bridgehead atoms. The van der Waals surface area contributed by atoms with Gasteiger partial charge in [0.1, 0.15) is 5.69 Å². The summed E-state index contributed by atoms with van der Waals surface area (Å²) in [4.78, 5) is 4.05. The molecule has 0 N–H and O–H groups in total. The van der Waals surface area contributed by atoms with Gasteiger partial charge in [0.15, 0.2) is 0 Å². The van der Waals surface area contributed by atoms with Crippen molar-refractivity contribution < 1.29 is 0 Å². The van der Waals surface area contributed by atoms with Crippen LogP contribution in [0.4, 0.5) is 0 Å². The van der Waals surface area contributed by atoms with Crippen molar-refractivity contribution in [1.82, 2.24) is 14.8 Å². The average molecular weight is 376 g/mol. The molecule has 4 rings (SSSR count). The van der Waals surface area contributed by atoms with Gasteiger partial charge in [-0.05, 0) is 51.3 Å². The molecule has 0 aliphatic heterocycles. The van der Waals surface area contributed by atoms with E-state index in [2.05, 4.69) is 69.4 Å². The van der Waals surface area contributed by atoms with E-state index in [-0.39, 0.29) is 0 Å². The molecular weight excluding hydrogens is 362 g/mol. The molecule has 0 saturated carbocycles. The summed E-state index contributed by atoms with van der Waals surface area (Å²) in [6.07, 6.45) is 5.53. The van der Waals surface area contributed by atoms with Gasteiger partial charge >= 0.3 is 0 Å². The normalized spacial score (nSPS) is 10.7. The van der Waals surface area contributed by atoms with E-state index in [0.717, 1.165) is 21.4 Å². The maximum Gasteiger partial charge on any atom is 0.107 e. The van der Waals surface area contributed by atoms with Gasteiger partial charge in [-0.3, -0.25) is 4.98 Å². The second-order valence-electron chi connectivity index (χ2n) is 5.42. The SMILES string of the molecule is Brc1cn(-c2ccc(-c3ccccc3)cc2)nc1-c1ccncc1. The molecule has 2 heterocycles. The van der Waals surface area contributed by atoms with Gasteiger partial charge in [-0.15, -0.1) is 0 Å². The van der Waals surface area contributed by atoms with Crippen molar-refractivity contribution in [3.63, 3.8) is 0 Å². The lowest BCUT2D eigenvalue weighted by Gasteiger charge is -2.04. The lowest BCUT2D eigenvalue weighted by molar-refractivity contribution is 0.884. The lowest BCUT2D eigenvalue weighted by Crippen LogP contribution is -1.94. The van der Waals surface area contributed by atoms with Crippen molar-refractivity contribution in [2.24, 2.45) is 0 Å². The molecule has 0 saturated heterocycles. The highest BCUT2D eigenvalue weighted by molar-refractivity contribution is 9.10. The molecule has 0 unspecified atom stereocenters. The smallest absolute Gasteiger partial charge is 0.107 e. The maximum absolute atomic E-state index is 4.69. The van der Waals surface area contributed by atoms with Gasteiger partial charge < -0.3 is 0 Å². The molecule has 0 amide bonds. The molecule has 116 valence electrons. The summed E-state index contributed by atoms with van der Waals surface area (Å²) in [5.74, 6) is 0. The van der Waals surface area contributed by atoms with Crippen LogP contribution >= 0.6 is 15.9 Å². The number of rotatable bonds is 3. The van der Waals surface area contributed by atoms with E-state index in [1.807, 2.05) is 29.1 Å². The number of nitrogens with zero attached hydrogens (tertiary/aromatic N) is 3. The molecule has 4 aromatic rings. The minimum absolute atomic E-state index is 0.907. The van der Waals surface area contributed by atoms with Gasteiger partial charge in [0, 0.05) is 24.2 Å². The molecular formula is C20H14BrN3. The average Bonchev–Trinajstić information content (AvgIpc) is 3.05. The Labute approximate surface area is 148 Å². The zero-order valence-corrected chi connectivity index (χ0v) is 14.4. The van der Waals surface area contributed by atoms with Crippen molar-refractivity contribution in [1.29, 1.82) is 0 Å². The Balaban J connectivity index is 1.68. The van der Waals surface area contributed by atoms with Gasteiger partial charge in [-0.25, -0.2) is 4.68 Å². The Kier molecular flexibility index (Phi) is 3.97. The van der Waals surface area contributed by atoms with Gasteiger partial charge in [0.25, 0.3) is 0 Å². The Morgan fingerprint density at radius 1 is 0.708 bits per heavy atom. The van der Waals surface area contributed by atoms with Crippen LogP contribution < -0.4 is 0 Å². The second kappa shape index (κ2) is 6.42. The van der Waals surface area contributed by atoms with E-state index in [1.165, 1.54) is 11.1 Å². The number of hydrogen-bond acceptors (Lipinski definition) is 2. The Hall–Kier alpha value is -2.72. The molecule has 0 radical (unpaired) electrons. The summed E-state index contributed by atoms with van der Waals surface area (Å²) in [5.41, 5.74) is 5.37. The second-order valence-corrected chi connectivity index (χ2v) is 6.27. The third-order valence-corrected chi connectivity index (χ3v) is 4.44. The first kappa shape index (κ1) is 14.8. The fraction of sp³-hybridized carbons (Fsp3) is 0. The van der Waals surface area contributed by atoms with Gasteiger partial charge in [-0.1, -0.05) is 42.5 Å². The summed E-state index contributed by atoms with van der Waals surface area (Å²) in [7, 11) is 0. The third-order valence-electron chi connectivity index (χ3n) is 3.86. The van der Waals surface area contributed by atoms with Gasteiger partial charge in [0.2, 0.25) is 0 Å². The monoisotopic (exact) mass is 375 g/mol. The van der Waals surface area contributed by atoms with Crippen molar-refractivity contribution in [2.45, 2.75) is 0 Å². The zero-order valence-electron chi connectivity index (χ0n) is 12.8. The zero-order chi connectivity index (χ0) is 16.4. The fourth-order valence-corrected chi connectivity index (χ4v) is 3.13. The highest BCUT2D eigenvalue weighted by atomic mass is 79.9. The highest BCUT2D eigenvalue weighted by Crippen LogP contribution is 2.28. The number of pyridine rings is 1. The molecule has 0 aliphatic rings. The molecule has 3 nitrogen and oxygen atoms in total. The standard InChI is InChI=1S/C20H14BrN3/c21-19-14-24(23-20(19)17-10-12-22-13-11-17)18-8-6-16(7-9-18)15-4-2-1-3-5-15/h1-14H. The van der Waals surface area contributed by atoms with Crippen molar-refractivity contribution in [3.05, 3.63) is 89.8 Å². The van der Waals surface area contributed by atoms with Crippen LogP contribution in [0, 0.1) is 0 Å². The fourth-order valence-electron chi connectivity index (χ4n) is 2.63. The van der Waals surface area contributed by atoms with Crippen molar-refractivity contribution >= 4 is 15.9 Å². The topological polar surface area (TPSA) is 30.7 Å². The number of hydrogen-bond donors (Lipinski definition) is 0. The number of aromatic nitrogens is 3. The molecule has 4 heteroatoms. The van der Waals surface area contributed by atoms with Crippen LogP contribution in [-0.4, -0.2) is 14.8 Å². The molecule has 0 spiro atoms. The van der Waals surface area contributed by atoms with Crippen LogP contribution in [0.25, 0.3) is 28.1 Å². The van der Waals surface area contributed by atoms with Crippen LogP contribution in [-0.2, 0) is 0 Å². The van der Waals surface area contributed by atoms with Crippen molar-refractivity contribution in [3.8, 4) is 28.1 Å². The first-order valence-electron chi connectivity index (χ1n) is 7.63. The first-order valence-corrected chi connectivity index (χ1v) is 8.42. The number of benzene rings is 2. The van der Waals surface area contributed by atoms with Crippen LogP contribution in [0.5, 0.6) is 0 Å². The molecule has 2 aromatic carbocycles. The first-order chi connectivity index (χ1) is 11.8. The van der Waals surface area contributed by atoms with E-state index in [0.29, 0.717) is 0 Å². The van der Waals surface area contributed by atoms with E-state index in [9.17, 15) is 0 Å². The van der Waals surface area contributed by atoms with Crippen molar-refractivity contribution in [2.75, 3.05) is 0 Å². The summed E-state index contributed by atoms with van der Waals surface area (Å²) >= 11 is 3.60. The number of halogens is 1. The largest absolute Gasteiger partial charge is 0.265 e. The summed E-state index contributed by atoms with van der Waals surface area (Å²) in [6, 6.07) is 22.7.